The molecule has 1 rings (SSSR count). The van der Waals surface area contributed by atoms with E-state index in [2.05, 4.69) is 19.3 Å². The molecule has 1 aromatic rings. The van der Waals surface area contributed by atoms with Gasteiger partial charge in [-0.15, -0.1) is 0 Å². The fourth-order valence-electron chi connectivity index (χ4n) is 1.76. The number of benzene rings is 1. The number of halogens is 2. The third-order valence-corrected chi connectivity index (χ3v) is 2.91. The van der Waals surface area contributed by atoms with Crippen molar-refractivity contribution in [2.75, 3.05) is 0 Å². The monoisotopic (exact) mass is 242 g/mol. The number of hydrogen-bond acceptors (Lipinski definition) is 2. The maximum atomic E-state index is 13.8. The second-order valence-corrected chi connectivity index (χ2v) is 4.79. The van der Waals surface area contributed by atoms with Crippen molar-refractivity contribution >= 4 is 0 Å². The number of rotatable bonds is 5. The normalized spacial score (nSPS) is 13.1. The second kappa shape index (κ2) is 6.07. The summed E-state index contributed by atoms with van der Waals surface area (Å²) >= 11 is 0. The lowest BCUT2D eigenvalue weighted by molar-refractivity contribution is 0.419. The Bertz CT molecular complexity index is 378. The maximum absolute atomic E-state index is 13.8. The van der Waals surface area contributed by atoms with Gasteiger partial charge in [-0.1, -0.05) is 26.0 Å². The number of hydrogen-bond donors (Lipinski definition) is 2. The second-order valence-electron chi connectivity index (χ2n) is 4.79. The highest BCUT2D eigenvalue weighted by molar-refractivity contribution is 5.27. The van der Waals surface area contributed by atoms with Gasteiger partial charge >= 0.3 is 0 Å². The highest BCUT2D eigenvalue weighted by Crippen LogP contribution is 2.25. The molecule has 2 nitrogen and oxygen atoms in total. The van der Waals surface area contributed by atoms with E-state index >= 15 is 0 Å². The first-order chi connectivity index (χ1) is 7.97. The predicted octanol–water partition coefficient (Wildman–Crippen LogP) is 3.21. The van der Waals surface area contributed by atoms with E-state index in [1.165, 1.54) is 0 Å². The molecule has 1 unspecified atom stereocenters. The number of hydrazine groups is 1. The summed E-state index contributed by atoms with van der Waals surface area (Å²) in [6, 6.07) is 2.83. The molecule has 4 heteroatoms. The fraction of sp³-hybridized carbons (Fsp3) is 0.538. The first-order valence-electron chi connectivity index (χ1n) is 5.88. The summed E-state index contributed by atoms with van der Waals surface area (Å²) in [6.45, 7) is 5.71. The van der Waals surface area contributed by atoms with Crippen LogP contribution >= 0.6 is 0 Å². The first kappa shape index (κ1) is 14.1. The van der Waals surface area contributed by atoms with E-state index < -0.39 is 11.6 Å². The van der Waals surface area contributed by atoms with Crippen LogP contribution in [0.3, 0.4) is 0 Å². The molecule has 0 aliphatic carbocycles. The fourth-order valence-corrected chi connectivity index (χ4v) is 1.76. The molecule has 0 bridgehead atoms. The molecule has 1 atom stereocenters. The van der Waals surface area contributed by atoms with E-state index in [4.69, 9.17) is 5.84 Å². The van der Waals surface area contributed by atoms with Crippen LogP contribution in [0.5, 0.6) is 0 Å². The minimum Gasteiger partial charge on any atom is -0.271 e. The van der Waals surface area contributed by atoms with E-state index in [0.717, 1.165) is 6.42 Å². The number of nitrogens with two attached hydrogens (primary N) is 1. The molecule has 0 aliphatic rings. The van der Waals surface area contributed by atoms with E-state index in [9.17, 15) is 8.78 Å². The van der Waals surface area contributed by atoms with Crippen LogP contribution < -0.4 is 11.3 Å². The summed E-state index contributed by atoms with van der Waals surface area (Å²) < 4.78 is 27.2. The Balaban J connectivity index is 2.92. The van der Waals surface area contributed by atoms with Crippen LogP contribution in [0.4, 0.5) is 8.78 Å². The zero-order chi connectivity index (χ0) is 13.0. The first-order valence-corrected chi connectivity index (χ1v) is 5.88. The summed E-state index contributed by atoms with van der Waals surface area (Å²) in [4.78, 5) is 0. The minimum atomic E-state index is -0.795. The van der Waals surface area contributed by atoms with Gasteiger partial charge in [-0.2, -0.15) is 0 Å². The molecule has 0 aliphatic heterocycles. The Labute approximate surface area is 101 Å². The zero-order valence-corrected chi connectivity index (χ0v) is 10.6. The van der Waals surface area contributed by atoms with Gasteiger partial charge in [0.15, 0.2) is 11.6 Å². The van der Waals surface area contributed by atoms with Crippen molar-refractivity contribution in [3.05, 3.63) is 34.9 Å². The van der Waals surface area contributed by atoms with Crippen molar-refractivity contribution < 1.29 is 8.78 Å². The van der Waals surface area contributed by atoms with Crippen LogP contribution in [0.25, 0.3) is 0 Å². The molecule has 0 radical (unpaired) electrons. The summed E-state index contributed by atoms with van der Waals surface area (Å²) in [5.74, 6) is 4.33. The number of nitrogens with one attached hydrogen (secondary N) is 1. The highest BCUT2D eigenvalue weighted by Gasteiger charge is 2.18. The Hall–Kier alpha value is -1.00. The molecule has 1 aromatic carbocycles. The van der Waals surface area contributed by atoms with E-state index in [-0.39, 0.29) is 6.04 Å². The van der Waals surface area contributed by atoms with E-state index in [0.29, 0.717) is 23.5 Å². The van der Waals surface area contributed by atoms with Gasteiger partial charge in [-0.3, -0.25) is 11.3 Å². The third kappa shape index (κ3) is 3.48. The molecule has 0 heterocycles. The molecular formula is C13H20F2N2. The highest BCUT2D eigenvalue weighted by atomic mass is 19.2. The standard InChI is InChI=1S/C13H20F2N2/c1-8(2)4-7-11(17-16)10-6-5-9(3)12(14)13(10)15/h5-6,8,11,17H,4,7,16H2,1-3H3. The zero-order valence-electron chi connectivity index (χ0n) is 10.6. The summed E-state index contributed by atoms with van der Waals surface area (Å²) in [5.41, 5.74) is 3.17. The predicted molar refractivity (Wildman–Crippen MR) is 65.2 cm³/mol. The van der Waals surface area contributed by atoms with Crippen molar-refractivity contribution in [2.24, 2.45) is 11.8 Å². The molecular weight excluding hydrogens is 222 g/mol. The van der Waals surface area contributed by atoms with Crippen molar-refractivity contribution in [1.29, 1.82) is 0 Å². The molecule has 0 spiro atoms. The summed E-state index contributed by atoms with van der Waals surface area (Å²) in [7, 11) is 0. The topological polar surface area (TPSA) is 38.0 Å². The Kier molecular flexibility index (Phi) is 5.02. The Morgan fingerprint density at radius 1 is 1.18 bits per heavy atom. The minimum absolute atomic E-state index is 0.302. The SMILES string of the molecule is Cc1ccc(C(CCC(C)C)NN)c(F)c1F. The molecule has 0 saturated heterocycles. The average Bonchev–Trinajstić information content (AvgIpc) is 2.29. The molecule has 0 fully saturated rings. The lowest BCUT2D eigenvalue weighted by Gasteiger charge is -2.18. The lowest BCUT2D eigenvalue weighted by atomic mass is 9.97. The van der Waals surface area contributed by atoms with Gasteiger partial charge in [-0.05, 0) is 31.2 Å². The quantitative estimate of drug-likeness (QED) is 0.614. The average molecular weight is 242 g/mol. The van der Waals surface area contributed by atoms with E-state index in [1.807, 2.05) is 0 Å². The van der Waals surface area contributed by atoms with Gasteiger partial charge in [0.25, 0.3) is 0 Å². The largest absolute Gasteiger partial charge is 0.271 e. The van der Waals surface area contributed by atoms with Gasteiger partial charge < -0.3 is 0 Å². The molecule has 0 saturated carbocycles. The summed E-state index contributed by atoms with van der Waals surface area (Å²) in [6.07, 6.45) is 1.59. The van der Waals surface area contributed by atoms with Crippen LogP contribution in [0.2, 0.25) is 0 Å². The molecule has 17 heavy (non-hydrogen) atoms. The van der Waals surface area contributed by atoms with Gasteiger partial charge in [0.05, 0.1) is 0 Å². The molecule has 96 valence electrons. The van der Waals surface area contributed by atoms with Crippen LogP contribution in [-0.4, -0.2) is 0 Å². The van der Waals surface area contributed by atoms with Gasteiger partial charge in [0, 0.05) is 11.6 Å². The van der Waals surface area contributed by atoms with Gasteiger partial charge in [-0.25, -0.2) is 8.78 Å². The van der Waals surface area contributed by atoms with Crippen LogP contribution in [-0.2, 0) is 0 Å². The number of aryl methyl sites for hydroxylation is 1. The van der Waals surface area contributed by atoms with Crippen molar-refractivity contribution in [3.8, 4) is 0 Å². The van der Waals surface area contributed by atoms with Crippen molar-refractivity contribution in [2.45, 2.75) is 39.7 Å². The maximum Gasteiger partial charge on any atom is 0.163 e. The van der Waals surface area contributed by atoms with Crippen molar-refractivity contribution in [1.82, 2.24) is 5.43 Å². The van der Waals surface area contributed by atoms with E-state index in [1.54, 1.807) is 19.1 Å². The van der Waals surface area contributed by atoms with Gasteiger partial charge in [0.1, 0.15) is 0 Å². The van der Waals surface area contributed by atoms with Gasteiger partial charge in [0.2, 0.25) is 0 Å². The molecule has 0 aromatic heterocycles. The Morgan fingerprint density at radius 3 is 2.35 bits per heavy atom. The summed E-state index contributed by atoms with van der Waals surface area (Å²) in [5, 5.41) is 0. The molecule has 0 amide bonds. The smallest absolute Gasteiger partial charge is 0.163 e. The molecule has 3 N–H and O–H groups in total. The van der Waals surface area contributed by atoms with Crippen molar-refractivity contribution in [3.63, 3.8) is 0 Å². The van der Waals surface area contributed by atoms with Crippen LogP contribution in [0.15, 0.2) is 12.1 Å². The lowest BCUT2D eigenvalue weighted by Crippen LogP contribution is -2.29. The van der Waals surface area contributed by atoms with Crippen LogP contribution in [0, 0.1) is 24.5 Å². The third-order valence-electron chi connectivity index (χ3n) is 2.91. The van der Waals surface area contributed by atoms with Crippen LogP contribution in [0.1, 0.15) is 43.9 Å². The Morgan fingerprint density at radius 2 is 1.82 bits per heavy atom.